The number of anilines is 1. The molecule has 0 aliphatic carbocycles. The van der Waals surface area contributed by atoms with Crippen LogP contribution in [0, 0.1) is 0 Å². The van der Waals surface area contributed by atoms with E-state index in [1.807, 2.05) is 43.3 Å². The first-order valence-electron chi connectivity index (χ1n) is 9.03. The van der Waals surface area contributed by atoms with Crippen molar-refractivity contribution in [3.63, 3.8) is 0 Å². The SMILES string of the molecule is COc1cccc(C(CNS(=O)(=O)c2ccc3c(c2)CCC(=O)N3)N(C)C)c1. The molecule has 0 spiro atoms. The van der Waals surface area contributed by atoms with Crippen LogP contribution in [0.2, 0.25) is 0 Å². The number of ether oxygens (including phenoxy) is 1. The number of likely N-dealkylation sites (N-methyl/N-ethyl adjacent to an activating group) is 1. The molecule has 8 heteroatoms. The van der Waals surface area contributed by atoms with Gasteiger partial charge in [0, 0.05) is 24.7 Å². The van der Waals surface area contributed by atoms with Crippen molar-refractivity contribution in [1.29, 1.82) is 0 Å². The molecule has 1 unspecified atom stereocenters. The van der Waals surface area contributed by atoms with Crippen LogP contribution < -0.4 is 14.8 Å². The van der Waals surface area contributed by atoms with E-state index in [9.17, 15) is 13.2 Å². The number of sulfonamides is 1. The molecule has 1 aliphatic rings. The van der Waals surface area contributed by atoms with Crippen LogP contribution >= 0.6 is 0 Å². The molecule has 1 amide bonds. The number of rotatable bonds is 7. The molecular formula is C20H25N3O4S. The van der Waals surface area contributed by atoms with Crippen LogP contribution in [0.15, 0.2) is 47.4 Å². The van der Waals surface area contributed by atoms with E-state index in [1.165, 1.54) is 6.07 Å². The lowest BCUT2D eigenvalue weighted by molar-refractivity contribution is -0.116. The Kier molecular flexibility index (Phi) is 6.02. The molecule has 0 saturated heterocycles. The second kappa shape index (κ2) is 8.30. The quantitative estimate of drug-likeness (QED) is 0.740. The number of nitrogens with zero attached hydrogens (tertiary/aromatic N) is 1. The number of aryl methyl sites for hydroxylation is 1. The van der Waals surface area contributed by atoms with E-state index in [0.717, 1.165) is 16.9 Å². The fourth-order valence-electron chi connectivity index (χ4n) is 3.25. The summed E-state index contributed by atoms with van der Waals surface area (Å²) >= 11 is 0. The highest BCUT2D eigenvalue weighted by atomic mass is 32.2. The van der Waals surface area contributed by atoms with Crippen molar-refractivity contribution in [2.45, 2.75) is 23.8 Å². The summed E-state index contributed by atoms with van der Waals surface area (Å²) in [5, 5.41) is 2.76. The van der Waals surface area contributed by atoms with Gasteiger partial charge in [0.1, 0.15) is 5.75 Å². The van der Waals surface area contributed by atoms with E-state index in [2.05, 4.69) is 10.0 Å². The average Bonchev–Trinajstić information content (AvgIpc) is 2.67. The van der Waals surface area contributed by atoms with E-state index in [-0.39, 0.29) is 23.4 Å². The predicted octanol–water partition coefficient (Wildman–Crippen LogP) is 2.16. The Hall–Kier alpha value is -2.42. The molecule has 0 bridgehead atoms. The maximum Gasteiger partial charge on any atom is 0.240 e. The van der Waals surface area contributed by atoms with Crippen LogP contribution in [-0.2, 0) is 21.2 Å². The lowest BCUT2D eigenvalue weighted by Crippen LogP contribution is -2.34. The molecule has 3 rings (SSSR count). The molecular weight excluding hydrogens is 378 g/mol. The number of benzene rings is 2. The highest BCUT2D eigenvalue weighted by Gasteiger charge is 2.22. The molecule has 1 heterocycles. The summed E-state index contributed by atoms with van der Waals surface area (Å²) < 4.78 is 33.6. The molecule has 150 valence electrons. The first-order valence-corrected chi connectivity index (χ1v) is 10.5. The van der Waals surface area contributed by atoms with Gasteiger partial charge in [0.15, 0.2) is 0 Å². The van der Waals surface area contributed by atoms with Gasteiger partial charge in [0.2, 0.25) is 15.9 Å². The van der Waals surface area contributed by atoms with E-state index in [1.54, 1.807) is 19.2 Å². The van der Waals surface area contributed by atoms with Crippen LogP contribution in [0.1, 0.15) is 23.6 Å². The number of hydrogen-bond acceptors (Lipinski definition) is 5. The van der Waals surface area contributed by atoms with Gasteiger partial charge in [-0.05, 0) is 62.0 Å². The highest BCUT2D eigenvalue weighted by Crippen LogP contribution is 2.26. The van der Waals surface area contributed by atoms with Crippen molar-refractivity contribution in [2.75, 3.05) is 33.1 Å². The van der Waals surface area contributed by atoms with Gasteiger partial charge >= 0.3 is 0 Å². The zero-order valence-electron chi connectivity index (χ0n) is 16.2. The van der Waals surface area contributed by atoms with E-state index in [4.69, 9.17) is 4.74 Å². The third-order valence-electron chi connectivity index (χ3n) is 4.85. The summed E-state index contributed by atoms with van der Waals surface area (Å²) in [5.41, 5.74) is 2.47. The van der Waals surface area contributed by atoms with E-state index in [0.29, 0.717) is 18.5 Å². The van der Waals surface area contributed by atoms with Crippen molar-refractivity contribution < 1.29 is 17.9 Å². The normalized spacial score (nSPS) is 15.1. The molecule has 28 heavy (non-hydrogen) atoms. The zero-order valence-corrected chi connectivity index (χ0v) is 17.0. The third-order valence-corrected chi connectivity index (χ3v) is 6.27. The summed E-state index contributed by atoms with van der Waals surface area (Å²) in [6, 6.07) is 12.2. The van der Waals surface area contributed by atoms with Crippen molar-refractivity contribution >= 4 is 21.6 Å². The number of carbonyl (C=O) groups is 1. The molecule has 7 nitrogen and oxygen atoms in total. The predicted molar refractivity (Wildman–Crippen MR) is 108 cm³/mol. The Bertz CT molecular complexity index is 973. The van der Waals surface area contributed by atoms with E-state index >= 15 is 0 Å². The minimum Gasteiger partial charge on any atom is -0.497 e. The van der Waals surface area contributed by atoms with Gasteiger partial charge in [-0.2, -0.15) is 0 Å². The number of hydrogen-bond donors (Lipinski definition) is 2. The summed E-state index contributed by atoms with van der Waals surface area (Å²) in [6.07, 6.45) is 0.900. The summed E-state index contributed by atoms with van der Waals surface area (Å²) in [4.78, 5) is 13.6. The van der Waals surface area contributed by atoms with Crippen LogP contribution in [0.4, 0.5) is 5.69 Å². The number of methoxy groups -OCH3 is 1. The van der Waals surface area contributed by atoms with Gasteiger partial charge in [-0.15, -0.1) is 0 Å². The van der Waals surface area contributed by atoms with Gasteiger partial charge in [0.25, 0.3) is 0 Å². The Labute approximate surface area is 165 Å². The number of nitrogens with one attached hydrogen (secondary N) is 2. The fraction of sp³-hybridized carbons (Fsp3) is 0.350. The highest BCUT2D eigenvalue weighted by molar-refractivity contribution is 7.89. The summed E-state index contributed by atoms with van der Waals surface area (Å²) in [7, 11) is 1.73. The van der Waals surface area contributed by atoms with Gasteiger partial charge in [-0.3, -0.25) is 4.79 Å². The molecule has 0 fully saturated rings. The minimum atomic E-state index is -3.68. The maximum absolute atomic E-state index is 12.8. The minimum absolute atomic E-state index is 0.0478. The number of amides is 1. The molecule has 2 aromatic rings. The number of carbonyl (C=O) groups excluding carboxylic acids is 1. The van der Waals surface area contributed by atoms with Gasteiger partial charge in [0.05, 0.1) is 12.0 Å². The van der Waals surface area contributed by atoms with Crippen molar-refractivity contribution in [2.24, 2.45) is 0 Å². The molecule has 1 atom stereocenters. The van der Waals surface area contributed by atoms with Crippen LogP contribution in [0.25, 0.3) is 0 Å². The van der Waals surface area contributed by atoms with Crippen molar-refractivity contribution in [3.8, 4) is 5.75 Å². The molecule has 2 N–H and O–H groups in total. The maximum atomic E-state index is 12.8. The Balaban J connectivity index is 1.78. The van der Waals surface area contributed by atoms with Crippen LogP contribution in [0.5, 0.6) is 5.75 Å². The molecule has 1 aliphatic heterocycles. The van der Waals surface area contributed by atoms with Gasteiger partial charge < -0.3 is 15.0 Å². The summed E-state index contributed by atoms with van der Waals surface area (Å²) in [6.45, 7) is 0.219. The Morgan fingerprint density at radius 1 is 1.18 bits per heavy atom. The molecule has 0 saturated carbocycles. The standard InChI is InChI=1S/C20H25N3O4S/c1-23(2)19(15-5-4-6-16(11-15)27-3)13-21-28(25,26)17-8-9-18-14(12-17)7-10-20(24)22-18/h4-6,8-9,11-12,19,21H,7,10,13H2,1-3H3,(H,22,24). The van der Waals surface area contributed by atoms with E-state index < -0.39 is 10.0 Å². The first kappa shape index (κ1) is 20.3. The molecule has 0 radical (unpaired) electrons. The lowest BCUT2D eigenvalue weighted by Gasteiger charge is -2.25. The lowest BCUT2D eigenvalue weighted by atomic mass is 10.0. The smallest absolute Gasteiger partial charge is 0.240 e. The monoisotopic (exact) mass is 403 g/mol. The molecule has 0 aromatic heterocycles. The molecule has 2 aromatic carbocycles. The van der Waals surface area contributed by atoms with Crippen molar-refractivity contribution in [3.05, 3.63) is 53.6 Å². The van der Waals surface area contributed by atoms with Crippen LogP contribution in [-0.4, -0.2) is 47.0 Å². The zero-order chi connectivity index (χ0) is 20.3. The average molecular weight is 404 g/mol. The first-order chi connectivity index (χ1) is 13.3. The Morgan fingerprint density at radius 2 is 1.96 bits per heavy atom. The summed E-state index contributed by atoms with van der Waals surface area (Å²) in [5.74, 6) is 0.678. The number of fused-ring (bicyclic) bond motifs is 1. The van der Waals surface area contributed by atoms with Crippen LogP contribution in [0.3, 0.4) is 0 Å². The Morgan fingerprint density at radius 3 is 2.68 bits per heavy atom. The second-order valence-electron chi connectivity index (χ2n) is 6.98. The third kappa shape index (κ3) is 4.52. The fourth-order valence-corrected chi connectivity index (χ4v) is 4.33. The second-order valence-corrected chi connectivity index (χ2v) is 8.74. The topological polar surface area (TPSA) is 87.7 Å². The van der Waals surface area contributed by atoms with Gasteiger partial charge in [-0.25, -0.2) is 13.1 Å². The largest absolute Gasteiger partial charge is 0.497 e. The van der Waals surface area contributed by atoms with Crippen molar-refractivity contribution in [1.82, 2.24) is 9.62 Å². The van der Waals surface area contributed by atoms with Gasteiger partial charge in [-0.1, -0.05) is 12.1 Å².